The normalized spacial score (nSPS) is 14.5. The molecule has 1 heterocycles. The lowest BCUT2D eigenvalue weighted by atomic mass is 9.86. The average molecular weight is 470 g/mol. The number of carbonyl (C=O) groups excluding carboxylic acids is 2. The molecule has 1 fully saturated rings. The molecular weight excluding hydrogens is 434 g/mol. The molecule has 0 bridgehead atoms. The number of anilines is 2. The molecule has 0 aliphatic carbocycles. The zero-order valence-electron chi connectivity index (χ0n) is 20.9. The molecule has 3 N–H and O–H groups in total. The molecule has 1 aliphatic heterocycles. The van der Waals surface area contributed by atoms with Gasteiger partial charge < -0.3 is 16.0 Å². The van der Waals surface area contributed by atoms with E-state index in [1.807, 2.05) is 48.5 Å². The largest absolute Gasteiger partial charge is 0.372 e. The molecule has 5 heteroatoms. The van der Waals surface area contributed by atoms with Gasteiger partial charge in [0.2, 0.25) is 5.91 Å². The van der Waals surface area contributed by atoms with Crippen molar-refractivity contribution in [2.75, 3.05) is 23.3 Å². The quantitative estimate of drug-likeness (QED) is 0.465. The number of hydrogen-bond acceptors (Lipinski definition) is 3. The van der Waals surface area contributed by atoms with E-state index in [1.54, 1.807) is 0 Å². The Kier molecular flexibility index (Phi) is 7.25. The summed E-state index contributed by atoms with van der Waals surface area (Å²) >= 11 is 0. The number of benzene rings is 3. The summed E-state index contributed by atoms with van der Waals surface area (Å²) in [7, 11) is 0. The standard InChI is InChI=1S/C30H35N3O2/c1-30(2,3)23-10-8-22(9-11-23)26-6-4-5-7-27(26)29(35)32-24-12-14-25(15-13-24)33-18-16-21(17-19-33)20-28(31)34/h4-15,21H,16-20H2,1-3H3,(H2,31,34)(H,32,35). The SMILES string of the molecule is CC(C)(C)c1ccc(-c2ccccc2C(=O)Nc2ccc(N3CCC(CC(N)=O)CC3)cc2)cc1. The molecule has 0 saturated carbocycles. The van der Waals surface area contributed by atoms with Crippen LogP contribution in [0, 0.1) is 5.92 Å². The van der Waals surface area contributed by atoms with E-state index in [4.69, 9.17) is 5.73 Å². The third kappa shape index (κ3) is 6.10. The molecule has 3 aromatic rings. The summed E-state index contributed by atoms with van der Waals surface area (Å²) in [5.74, 6) is 0.0413. The third-order valence-electron chi connectivity index (χ3n) is 6.83. The number of piperidine rings is 1. The number of carbonyl (C=O) groups is 2. The highest BCUT2D eigenvalue weighted by atomic mass is 16.2. The molecule has 2 amide bonds. The molecule has 182 valence electrons. The second-order valence-electron chi connectivity index (χ2n) is 10.5. The van der Waals surface area contributed by atoms with Crippen LogP contribution >= 0.6 is 0 Å². The minimum atomic E-state index is -0.216. The third-order valence-corrected chi connectivity index (χ3v) is 6.83. The van der Waals surface area contributed by atoms with Crippen molar-refractivity contribution in [2.24, 2.45) is 11.7 Å². The van der Waals surface area contributed by atoms with Crippen LogP contribution in [-0.2, 0) is 10.2 Å². The van der Waals surface area contributed by atoms with Crippen LogP contribution in [0.4, 0.5) is 11.4 Å². The van der Waals surface area contributed by atoms with Crippen molar-refractivity contribution in [2.45, 2.75) is 45.4 Å². The Hall–Kier alpha value is -3.60. The number of amides is 2. The van der Waals surface area contributed by atoms with Gasteiger partial charge in [-0.15, -0.1) is 0 Å². The van der Waals surface area contributed by atoms with Crippen LogP contribution in [0.25, 0.3) is 11.1 Å². The molecule has 0 atom stereocenters. The van der Waals surface area contributed by atoms with Gasteiger partial charge in [0.15, 0.2) is 0 Å². The van der Waals surface area contributed by atoms with Crippen molar-refractivity contribution in [1.29, 1.82) is 0 Å². The van der Waals surface area contributed by atoms with Gasteiger partial charge in [-0.05, 0) is 71.2 Å². The van der Waals surface area contributed by atoms with Crippen LogP contribution < -0.4 is 16.0 Å². The first-order valence-electron chi connectivity index (χ1n) is 12.4. The summed E-state index contributed by atoms with van der Waals surface area (Å²) in [4.78, 5) is 26.7. The lowest BCUT2D eigenvalue weighted by Gasteiger charge is -2.33. The molecule has 1 aliphatic rings. The lowest BCUT2D eigenvalue weighted by molar-refractivity contribution is -0.119. The smallest absolute Gasteiger partial charge is 0.256 e. The second-order valence-corrected chi connectivity index (χ2v) is 10.5. The fourth-order valence-electron chi connectivity index (χ4n) is 4.72. The zero-order valence-corrected chi connectivity index (χ0v) is 20.9. The van der Waals surface area contributed by atoms with Gasteiger partial charge in [0.25, 0.3) is 5.91 Å². The zero-order chi connectivity index (χ0) is 25.0. The summed E-state index contributed by atoms with van der Waals surface area (Å²) in [6.45, 7) is 8.40. The van der Waals surface area contributed by atoms with E-state index in [1.165, 1.54) is 5.56 Å². The predicted octanol–water partition coefficient (Wildman–Crippen LogP) is 6.00. The van der Waals surface area contributed by atoms with E-state index >= 15 is 0 Å². The maximum absolute atomic E-state index is 13.2. The first kappa shape index (κ1) is 24.5. The van der Waals surface area contributed by atoms with Crippen LogP contribution in [0.3, 0.4) is 0 Å². The van der Waals surface area contributed by atoms with E-state index in [0.717, 1.165) is 48.4 Å². The number of nitrogens with zero attached hydrogens (tertiary/aromatic N) is 1. The Morgan fingerprint density at radius 2 is 1.54 bits per heavy atom. The van der Waals surface area contributed by atoms with Crippen molar-refractivity contribution in [1.82, 2.24) is 0 Å². The van der Waals surface area contributed by atoms with Gasteiger partial charge in [-0.2, -0.15) is 0 Å². The molecule has 0 spiro atoms. The lowest BCUT2D eigenvalue weighted by Crippen LogP contribution is -2.35. The van der Waals surface area contributed by atoms with Gasteiger partial charge in [-0.3, -0.25) is 9.59 Å². The van der Waals surface area contributed by atoms with E-state index in [9.17, 15) is 9.59 Å². The second kappa shape index (κ2) is 10.3. The van der Waals surface area contributed by atoms with E-state index in [0.29, 0.717) is 17.9 Å². The minimum absolute atomic E-state index is 0.0843. The fourth-order valence-corrected chi connectivity index (χ4v) is 4.72. The Morgan fingerprint density at radius 1 is 0.914 bits per heavy atom. The van der Waals surface area contributed by atoms with Crippen molar-refractivity contribution in [3.63, 3.8) is 0 Å². The number of nitrogens with one attached hydrogen (secondary N) is 1. The Bertz CT molecular complexity index is 1170. The van der Waals surface area contributed by atoms with E-state index in [-0.39, 0.29) is 17.2 Å². The number of rotatable bonds is 6. The monoisotopic (exact) mass is 469 g/mol. The first-order chi connectivity index (χ1) is 16.7. The van der Waals surface area contributed by atoms with Gasteiger partial charge in [0, 0.05) is 36.4 Å². The molecule has 5 nitrogen and oxygen atoms in total. The van der Waals surface area contributed by atoms with Gasteiger partial charge in [-0.25, -0.2) is 0 Å². The maximum Gasteiger partial charge on any atom is 0.256 e. The number of primary amides is 1. The summed E-state index contributed by atoms with van der Waals surface area (Å²) in [6, 6.07) is 24.2. The van der Waals surface area contributed by atoms with Crippen molar-refractivity contribution >= 4 is 23.2 Å². The highest BCUT2D eigenvalue weighted by Crippen LogP contribution is 2.29. The van der Waals surface area contributed by atoms with Crippen LogP contribution in [0.2, 0.25) is 0 Å². The Balaban J connectivity index is 1.43. The molecule has 1 saturated heterocycles. The van der Waals surface area contributed by atoms with Gasteiger partial charge >= 0.3 is 0 Å². The van der Waals surface area contributed by atoms with Crippen molar-refractivity contribution in [3.8, 4) is 11.1 Å². The Morgan fingerprint density at radius 3 is 2.14 bits per heavy atom. The van der Waals surface area contributed by atoms with E-state index in [2.05, 4.69) is 55.3 Å². The fraction of sp³-hybridized carbons (Fsp3) is 0.333. The highest BCUT2D eigenvalue weighted by Gasteiger charge is 2.21. The van der Waals surface area contributed by atoms with Crippen molar-refractivity contribution in [3.05, 3.63) is 83.9 Å². The van der Waals surface area contributed by atoms with Crippen LogP contribution in [0.15, 0.2) is 72.8 Å². The summed E-state index contributed by atoms with van der Waals surface area (Å²) in [6.07, 6.45) is 2.41. The molecule has 0 unspecified atom stereocenters. The molecule has 3 aromatic carbocycles. The van der Waals surface area contributed by atoms with Gasteiger partial charge in [0.05, 0.1) is 0 Å². The summed E-state index contributed by atoms with van der Waals surface area (Å²) in [5.41, 5.74) is 11.2. The summed E-state index contributed by atoms with van der Waals surface area (Å²) < 4.78 is 0. The molecule has 4 rings (SSSR count). The molecule has 0 aromatic heterocycles. The van der Waals surface area contributed by atoms with Crippen LogP contribution in [-0.4, -0.2) is 24.9 Å². The van der Waals surface area contributed by atoms with Gasteiger partial charge in [-0.1, -0.05) is 63.2 Å². The predicted molar refractivity (Wildman–Crippen MR) is 144 cm³/mol. The maximum atomic E-state index is 13.2. The van der Waals surface area contributed by atoms with Crippen LogP contribution in [0.5, 0.6) is 0 Å². The molecule has 35 heavy (non-hydrogen) atoms. The average Bonchev–Trinajstić information content (AvgIpc) is 2.84. The van der Waals surface area contributed by atoms with E-state index < -0.39 is 0 Å². The topological polar surface area (TPSA) is 75.4 Å². The highest BCUT2D eigenvalue weighted by molar-refractivity contribution is 6.08. The first-order valence-corrected chi connectivity index (χ1v) is 12.4. The van der Waals surface area contributed by atoms with Crippen molar-refractivity contribution < 1.29 is 9.59 Å². The van der Waals surface area contributed by atoms with Gasteiger partial charge in [0.1, 0.15) is 0 Å². The minimum Gasteiger partial charge on any atom is -0.372 e. The Labute approximate surface area is 208 Å². The molecule has 0 radical (unpaired) electrons. The summed E-state index contributed by atoms with van der Waals surface area (Å²) in [5, 5.41) is 3.05. The molecular formula is C30H35N3O2. The van der Waals surface area contributed by atoms with Crippen LogP contribution in [0.1, 0.15) is 56.0 Å². The number of nitrogens with two attached hydrogens (primary N) is 1. The number of hydrogen-bond donors (Lipinski definition) is 2.